The Bertz CT molecular complexity index is 1170. The lowest BCUT2D eigenvalue weighted by Gasteiger charge is -2.37. The van der Waals surface area contributed by atoms with Crippen LogP contribution in [0.15, 0.2) is 36.4 Å². The van der Waals surface area contributed by atoms with Crippen LogP contribution in [0.25, 0.3) is 0 Å². The highest BCUT2D eigenvalue weighted by Crippen LogP contribution is 2.54. The zero-order chi connectivity index (χ0) is 25.7. The van der Waals surface area contributed by atoms with Gasteiger partial charge in [0, 0.05) is 36.6 Å². The number of anilines is 4. The predicted molar refractivity (Wildman–Crippen MR) is 153 cm³/mol. The van der Waals surface area contributed by atoms with E-state index in [1.165, 1.54) is 38.5 Å². The second-order valence-corrected chi connectivity index (χ2v) is 13.6. The van der Waals surface area contributed by atoms with Crippen molar-refractivity contribution in [3.05, 3.63) is 42.0 Å². The third-order valence-electron chi connectivity index (χ3n) is 8.71. The van der Waals surface area contributed by atoms with Crippen LogP contribution in [0.1, 0.15) is 75.6 Å². The van der Waals surface area contributed by atoms with Crippen LogP contribution in [-0.4, -0.2) is 52.5 Å². The third kappa shape index (κ3) is 5.70. The lowest BCUT2D eigenvalue weighted by atomic mass is 9.93. The average Bonchev–Trinajstić information content (AvgIpc) is 3.81. The van der Waals surface area contributed by atoms with E-state index >= 15 is 0 Å². The summed E-state index contributed by atoms with van der Waals surface area (Å²) >= 11 is 1.79. The zero-order valence-corrected chi connectivity index (χ0v) is 22.9. The molecule has 1 aromatic heterocycles. The van der Waals surface area contributed by atoms with Crippen LogP contribution in [-0.2, 0) is 0 Å². The number of nitrogens with one attached hydrogen (secondary N) is 2. The van der Waals surface area contributed by atoms with Crippen LogP contribution >= 0.6 is 11.9 Å². The Kier molecular flexibility index (Phi) is 6.30. The van der Waals surface area contributed by atoms with Gasteiger partial charge in [0.1, 0.15) is 11.6 Å². The molecule has 1 atom stereocenters. The fourth-order valence-electron chi connectivity index (χ4n) is 5.68. The molecule has 1 amide bonds. The van der Waals surface area contributed by atoms with E-state index in [2.05, 4.69) is 32.8 Å². The van der Waals surface area contributed by atoms with E-state index in [-0.39, 0.29) is 5.91 Å². The predicted octanol–water partition coefficient (Wildman–Crippen LogP) is 5.68. The van der Waals surface area contributed by atoms with Gasteiger partial charge < -0.3 is 24.9 Å². The molecule has 3 heterocycles. The first-order valence-electron chi connectivity index (χ1n) is 13.8. The van der Waals surface area contributed by atoms with Crippen molar-refractivity contribution in [1.82, 2.24) is 4.98 Å². The first-order valence-corrected chi connectivity index (χ1v) is 14.6. The standard InChI is InChI=1S/C29H39N5O2S/c1-27(36)9-4-16-34(20-27)25-6-3-5-24(30-25)31-26(35)22-8-7-21(32-37-28(2)10-11-28)19-23(22)33-17-14-29(12-13-29)15-18-33/h3,5-8,19,32,36H,4,9-18,20H2,1-2H3,(H,30,31,35)/t27-/m0/s1. The van der Waals surface area contributed by atoms with Crippen molar-refractivity contribution in [2.75, 3.05) is 46.0 Å². The van der Waals surface area contributed by atoms with Gasteiger partial charge in [-0.2, -0.15) is 0 Å². The maximum atomic E-state index is 13.6. The van der Waals surface area contributed by atoms with Gasteiger partial charge in [-0.05, 0) is 113 Å². The molecule has 1 spiro atoms. The van der Waals surface area contributed by atoms with Crippen LogP contribution < -0.4 is 19.8 Å². The summed E-state index contributed by atoms with van der Waals surface area (Å²) in [5.41, 5.74) is 2.60. The highest BCUT2D eigenvalue weighted by Gasteiger charge is 2.44. The van der Waals surface area contributed by atoms with Crippen molar-refractivity contribution in [1.29, 1.82) is 0 Å². The molecule has 198 valence electrons. The lowest BCUT2D eigenvalue weighted by molar-refractivity contribution is 0.0447. The van der Waals surface area contributed by atoms with Gasteiger partial charge in [-0.25, -0.2) is 4.98 Å². The highest BCUT2D eigenvalue weighted by atomic mass is 32.2. The summed E-state index contributed by atoms with van der Waals surface area (Å²) in [5.74, 6) is 1.19. The Morgan fingerprint density at radius 3 is 2.46 bits per heavy atom. The lowest BCUT2D eigenvalue weighted by Crippen LogP contribution is -2.46. The second-order valence-electron chi connectivity index (χ2n) is 12.2. The van der Waals surface area contributed by atoms with E-state index in [1.807, 2.05) is 37.3 Å². The normalized spacial score (nSPS) is 25.6. The first kappa shape index (κ1) is 24.9. The number of β-amino-alcohol motifs (C(OH)–C–C–N with tert-alkyl or cyclic N) is 1. The molecule has 6 rings (SSSR count). The Hall–Kier alpha value is -2.45. The largest absolute Gasteiger partial charge is 0.388 e. The molecular formula is C29H39N5O2S. The molecule has 4 fully saturated rings. The number of aromatic nitrogens is 1. The Labute approximate surface area is 224 Å². The SMILES string of the molecule is CC1(SNc2ccc(C(=O)Nc3cccc(N4CCC[C@](C)(O)C4)n3)c(N3CCC4(CC3)CC4)c2)CC1. The number of benzene rings is 1. The van der Waals surface area contributed by atoms with Gasteiger partial charge in [-0.3, -0.25) is 4.79 Å². The van der Waals surface area contributed by atoms with Gasteiger partial charge in [0.15, 0.2) is 0 Å². The van der Waals surface area contributed by atoms with Crippen molar-refractivity contribution in [3.8, 4) is 0 Å². The summed E-state index contributed by atoms with van der Waals surface area (Å²) < 4.78 is 3.87. The van der Waals surface area contributed by atoms with E-state index < -0.39 is 5.60 Å². The van der Waals surface area contributed by atoms with E-state index in [0.717, 1.165) is 49.7 Å². The summed E-state index contributed by atoms with van der Waals surface area (Å²) in [5, 5.41) is 13.6. The fourth-order valence-corrected chi connectivity index (χ4v) is 6.47. The molecule has 4 aliphatic rings. The fraction of sp³-hybridized carbons (Fsp3) is 0.586. The molecule has 0 unspecified atom stereocenters. The van der Waals surface area contributed by atoms with Gasteiger partial charge in [0.05, 0.1) is 16.9 Å². The first-order chi connectivity index (χ1) is 17.7. The van der Waals surface area contributed by atoms with Crippen molar-refractivity contribution in [3.63, 3.8) is 0 Å². The van der Waals surface area contributed by atoms with Gasteiger partial charge in [0.25, 0.3) is 5.91 Å². The number of carbonyl (C=O) groups excluding carboxylic acids is 1. The van der Waals surface area contributed by atoms with E-state index in [0.29, 0.717) is 28.1 Å². The number of hydrogen-bond acceptors (Lipinski definition) is 7. The average molecular weight is 522 g/mol. The van der Waals surface area contributed by atoms with Crippen LogP contribution in [0.3, 0.4) is 0 Å². The van der Waals surface area contributed by atoms with Crippen LogP contribution in [0.5, 0.6) is 0 Å². The van der Waals surface area contributed by atoms with Gasteiger partial charge in [-0.1, -0.05) is 6.07 Å². The molecular weight excluding hydrogens is 482 g/mol. The van der Waals surface area contributed by atoms with Crippen molar-refractivity contribution in [2.45, 2.75) is 75.6 Å². The van der Waals surface area contributed by atoms with Crippen molar-refractivity contribution < 1.29 is 9.90 Å². The Morgan fingerprint density at radius 1 is 0.973 bits per heavy atom. The van der Waals surface area contributed by atoms with Crippen molar-refractivity contribution >= 4 is 40.9 Å². The number of carbonyl (C=O) groups is 1. The molecule has 7 nitrogen and oxygen atoms in total. The number of hydrogen-bond donors (Lipinski definition) is 3. The molecule has 2 saturated heterocycles. The van der Waals surface area contributed by atoms with Crippen LogP contribution in [0.4, 0.5) is 23.0 Å². The Morgan fingerprint density at radius 2 is 1.76 bits per heavy atom. The maximum absolute atomic E-state index is 13.6. The molecule has 37 heavy (non-hydrogen) atoms. The summed E-state index contributed by atoms with van der Waals surface area (Å²) in [4.78, 5) is 22.8. The minimum atomic E-state index is -0.716. The minimum absolute atomic E-state index is 0.134. The number of piperidine rings is 2. The highest BCUT2D eigenvalue weighted by molar-refractivity contribution is 8.02. The number of aliphatic hydroxyl groups is 1. The molecule has 8 heteroatoms. The van der Waals surface area contributed by atoms with E-state index in [1.54, 1.807) is 11.9 Å². The third-order valence-corrected chi connectivity index (χ3v) is 9.95. The topological polar surface area (TPSA) is 80.7 Å². The molecule has 0 bridgehead atoms. The molecule has 3 N–H and O–H groups in total. The van der Waals surface area contributed by atoms with Gasteiger partial charge in [0.2, 0.25) is 0 Å². The van der Waals surface area contributed by atoms with E-state index in [4.69, 9.17) is 4.98 Å². The molecule has 2 aromatic rings. The summed E-state index contributed by atoms with van der Waals surface area (Å²) in [6.07, 6.45) is 9.34. The van der Waals surface area contributed by atoms with E-state index in [9.17, 15) is 9.90 Å². The second kappa shape index (κ2) is 9.38. The monoisotopic (exact) mass is 521 g/mol. The minimum Gasteiger partial charge on any atom is -0.388 e. The van der Waals surface area contributed by atoms with Gasteiger partial charge in [-0.15, -0.1) is 0 Å². The van der Waals surface area contributed by atoms with Gasteiger partial charge >= 0.3 is 0 Å². The number of amides is 1. The smallest absolute Gasteiger partial charge is 0.258 e. The molecule has 2 aliphatic carbocycles. The molecule has 0 radical (unpaired) electrons. The van der Waals surface area contributed by atoms with Crippen molar-refractivity contribution in [2.24, 2.45) is 5.41 Å². The quantitative estimate of drug-likeness (QED) is 0.405. The summed E-state index contributed by atoms with van der Waals surface area (Å²) in [6, 6.07) is 11.8. The number of rotatable bonds is 7. The summed E-state index contributed by atoms with van der Waals surface area (Å²) in [6.45, 7) is 7.56. The number of nitrogens with zero attached hydrogens (tertiary/aromatic N) is 3. The van der Waals surface area contributed by atoms with Crippen LogP contribution in [0.2, 0.25) is 0 Å². The summed E-state index contributed by atoms with van der Waals surface area (Å²) in [7, 11) is 0. The van der Waals surface area contributed by atoms with Crippen LogP contribution in [0, 0.1) is 5.41 Å². The number of pyridine rings is 1. The Balaban J connectivity index is 1.21. The molecule has 1 aromatic carbocycles. The zero-order valence-electron chi connectivity index (χ0n) is 22.1. The molecule has 2 saturated carbocycles. The molecule has 2 aliphatic heterocycles. The maximum Gasteiger partial charge on any atom is 0.258 e.